The molecule has 0 aromatic rings. The zero-order chi connectivity index (χ0) is 12.3. The first kappa shape index (κ1) is 12.9. The lowest BCUT2D eigenvalue weighted by Gasteiger charge is -2.28. The number of nitrogens with zero attached hydrogens (tertiary/aromatic N) is 1. The fourth-order valence-corrected chi connectivity index (χ4v) is 3.58. The normalized spacial score (nSPS) is 25.5. The average Bonchev–Trinajstić information content (AvgIpc) is 2.64. The summed E-state index contributed by atoms with van der Waals surface area (Å²) in [5, 5.41) is 0. The van der Waals surface area contributed by atoms with Crippen LogP contribution >= 0.6 is 24.0 Å². The molecule has 2 heterocycles. The van der Waals surface area contributed by atoms with Crippen LogP contribution in [0.2, 0.25) is 0 Å². The van der Waals surface area contributed by atoms with E-state index in [2.05, 4.69) is 11.0 Å². The summed E-state index contributed by atoms with van der Waals surface area (Å²) in [5.41, 5.74) is 0.759. The number of rotatable bonds is 1. The van der Waals surface area contributed by atoms with Gasteiger partial charge in [0.05, 0.1) is 7.11 Å². The number of fused-ring (bicyclic) bond motifs is 1. The average molecular weight is 271 g/mol. The standard InChI is InChI=1S/C12H17NO2S2/c1-15-11(14)9-7-10-5-3-2-4-6-13(10)12(16)17-8-9/h7,10H,2-6,8H2,1H3. The zero-order valence-electron chi connectivity index (χ0n) is 9.98. The SMILES string of the molecule is COC(=O)C1=CC2CCCCCN2C(=S)SC1. The Morgan fingerprint density at radius 1 is 1.53 bits per heavy atom. The minimum absolute atomic E-state index is 0.216. The molecule has 0 aliphatic carbocycles. The molecule has 1 unspecified atom stereocenters. The molecule has 2 aliphatic rings. The molecular weight excluding hydrogens is 254 g/mol. The van der Waals surface area contributed by atoms with E-state index in [1.54, 1.807) is 11.8 Å². The molecule has 0 aromatic carbocycles. The maximum Gasteiger partial charge on any atom is 0.334 e. The van der Waals surface area contributed by atoms with Gasteiger partial charge in [0.2, 0.25) is 0 Å². The first-order chi connectivity index (χ1) is 8.22. The summed E-state index contributed by atoms with van der Waals surface area (Å²) < 4.78 is 5.73. The van der Waals surface area contributed by atoms with Crippen LogP contribution in [0.4, 0.5) is 0 Å². The van der Waals surface area contributed by atoms with E-state index in [1.165, 1.54) is 26.4 Å². The summed E-state index contributed by atoms with van der Waals surface area (Å²) in [6.45, 7) is 1.02. The van der Waals surface area contributed by atoms with Gasteiger partial charge in [0.1, 0.15) is 4.32 Å². The number of carbonyl (C=O) groups is 1. The second-order valence-electron chi connectivity index (χ2n) is 4.35. The van der Waals surface area contributed by atoms with Gasteiger partial charge in [-0.1, -0.05) is 42.9 Å². The van der Waals surface area contributed by atoms with E-state index in [4.69, 9.17) is 17.0 Å². The quantitative estimate of drug-likeness (QED) is 0.539. The molecule has 0 saturated carbocycles. The van der Waals surface area contributed by atoms with Gasteiger partial charge in [0.15, 0.2) is 0 Å². The number of ether oxygens (including phenoxy) is 1. The van der Waals surface area contributed by atoms with Gasteiger partial charge in [-0.25, -0.2) is 4.79 Å². The molecule has 2 rings (SSSR count). The fourth-order valence-electron chi connectivity index (χ4n) is 2.29. The third-order valence-corrected chi connectivity index (χ3v) is 4.75. The number of carbonyl (C=O) groups excluding carboxylic acids is 1. The van der Waals surface area contributed by atoms with Gasteiger partial charge in [-0.15, -0.1) is 0 Å². The third-order valence-electron chi connectivity index (χ3n) is 3.23. The van der Waals surface area contributed by atoms with Gasteiger partial charge in [-0.2, -0.15) is 0 Å². The van der Waals surface area contributed by atoms with Crippen molar-refractivity contribution >= 4 is 34.3 Å². The fraction of sp³-hybridized carbons (Fsp3) is 0.667. The molecular formula is C12H17NO2S2. The van der Waals surface area contributed by atoms with Crippen LogP contribution in [-0.4, -0.2) is 40.6 Å². The lowest BCUT2D eigenvalue weighted by molar-refractivity contribution is -0.136. The van der Waals surface area contributed by atoms with E-state index < -0.39 is 0 Å². The highest BCUT2D eigenvalue weighted by Gasteiger charge is 2.27. The molecule has 0 amide bonds. The molecule has 1 fully saturated rings. The van der Waals surface area contributed by atoms with Crippen molar-refractivity contribution in [3.8, 4) is 0 Å². The number of esters is 1. The maximum absolute atomic E-state index is 11.6. The molecule has 0 aromatic heterocycles. The van der Waals surface area contributed by atoms with E-state index >= 15 is 0 Å². The predicted octanol–water partition coefficient (Wildman–Crippen LogP) is 2.36. The molecule has 17 heavy (non-hydrogen) atoms. The van der Waals surface area contributed by atoms with Gasteiger partial charge in [-0.3, -0.25) is 0 Å². The molecule has 3 nitrogen and oxygen atoms in total. The molecule has 2 aliphatic heterocycles. The van der Waals surface area contributed by atoms with Crippen molar-refractivity contribution in [1.82, 2.24) is 4.90 Å². The van der Waals surface area contributed by atoms with Crippen LogP contribution in [0, 0.1) is 0 Å². The molecule has 0 N–H and O–H groups in total. The lowest BCUT2D eigenvalue weighted by Crippen LogP contribution is -2.35. The molecule has 1 saturated heterocycles. The summed E-state index contributed by atoms with van der Waals surface area (Å²) in [6, 6.07) is 0.286. The maximum atomic E-state index is 11.6. The smallest absolute Gasteiger partial charge is 0.334 e. The van der Waals surface area contributed by atoms with Crippen LogP contribution in [0.3, 0.4) is 0 Å². The second kappa shape index (κ2) is 5.87. The Morgan fingerprint density at radius 3 is 3.12 bits per heavy atom. The number of thioether (sulfide) groups is 1. The lowest BCUT2D eigenvalue weighted by atomic mass is 10.1. The van der Waals surface area contributed by atoms with Crippen molar-refractivity contribution in [2.75, 3.05) is 19.4 Å². The van der Waals surface area contributed by atoms with E-state index in [9.17, 15) is 4.79 Å². The van der Waals surface area contributed by atoms with E-state index in [-0.39, 0.29) is 12.0 Å². The van der Waals surface area contributed by atoms with Gasteiger partial charge >= 0.3 is 5.97 Å². The molecule has 0 radical (unpaired) electrons. The molecule has 0 spiro atoms. The topological polar surface area (TPSA) is 29.5 Å². The van der Waals surface area contributed by atoms with Crippen molar-refractivity contribution in [3.63, 3.8) is 0 Å². The van der Waals surface area contributed by atoms with Crippen molar-refractivity contribution in [2.24, 2.45) is 0 Å². The van der Waals surface area contributed by atoms with E-state index in [0.29, 0.717) is 5.75 Å². The van der Waals surface area contributed by atoms with Crippen LogP contribution in [-0.2, 0) is 9.53 Å². The molecule has 5 heteroatoms. The highest BCUT2D eigenvalue weighted by Crippen LogP contribution is 2.28. The van der Waals surface area contributed by atoms with Crippen molar-refractivity contribution in [3.05, 3.63) is 11.6 Å². The summed E-state index contributed by atoms with van der Waals surface area (Å²) in [6.07, 6.45) is 6.80. The minimum atomic E-state index is -0.216. The van der Waals surface area contributed by atoms with Crippen LogP contribution in [0.1, 0.15) is 25.7 Å². The number of methoxy groups -OCH3 is 1. The first-order valence-corrected chi connectivity index (χ1v) is 7.34. The zero-order valence-corrected chi connectivity index (χ0v) is 11.6. The minimum Gasteiger partial charge on any atom is -0.466 e. The van der Waals surface area contributed by atoms with Crippen LogP contribution in [0.25, 0.3) is 0 Å². The Kier molecular flexibility index (Phi) is 4.45. The number of hydrogen-bond donors (Lipinski definition) is 0. The Morgan fingerprint density at radius 2 is 2.35 bits per heavy atom. The van der Waals surface area contributed by atoms with Crippen LogP contribution < -0.4 is 0 Å². The third kappa shape index (κ3) is 3.01. The summed E-state index contributed by atoms with van der Waals surface area (Å²) in [7, 11) is 1.43. The molecule has 1 atom stereocenters. The second-order valence-corrected chi connectivity index (χ2v) is 5.96. The molecule has 0 bridgehead atoms. The Bertz CT molecular complexity index is 354. The highest BCUT2D eigenvalue weighted by atomic mass is 32.2. The predicted molar refractivity (Wildman–Crippen MR) is 74.1 cm³/mol. The highest BCUT2D eigenvalue weighted by molar-refractivity contribution is 8.23. The van der Waals surface area contributed by atoms with Gasteiger partial charge in [-0.05, 0) is 12.8 Å². The Hall–Kier alpha value is -0.550. The number of hydrogen-bond acceptors (Lipinski definition) is 4. The monoisotopic (exact) mass is 271 g/mol. The van der Waals surface area contributed by atoms with Crippen molar-refractivity contribution in [2.45, 2.75) is 31.7 Å². The Balaban J connectivity index is 2.22. The van der Waals surface area contributed by atoms with Crippen LogP contribution in [0.5, 0.6) is 0 Å². The van der Waals surface area contributed by atoms with Gasteiger partial charge in [0.25, 0.3) is 0 Å². The van der Waals surface area contributed by atoms with E-state index in [1.807, 2.05) is 0 Å². The van der Waals surface area contributed by atoms with Crippen molar-refractivity contribution < 1.29 is 9.53 Å². The number of thiocarbonyl (C=S) groups is 1. The van der Waals surface area contributed by atoms with Gasteiger partial charge < -0.3 is 9.64 Å². The first-order valence-electron chi connectivity index (χ1n) is 5.95. The van der Waals surface area contributed by atoms with Gasteiger partial charge in [0, 0.05) is 23.9 Å². The van der Waals surface area contributed by atoms with Crippen LogP contribution in [0.15, 0.2) is 11.6 Å². The van der Waals surface area contributed by atoms with Crippen molar-refractivity contribution in [1.29, 1.82) is 0 Å². The molecule has 94 valence electrons. The summed E-state index contributed by atoms with van der Waals surface area (Å²) in [5.74, 6) is 0.421. The largest absolute Gasteiger partial charge is 0.466 e. The Labute approximate surface area is 112 Å². The van der Waals surface area contributed by atoms with E-state index in [0.717, 1.165) is 22.9 Å². The summed E-state index contributed by atoms with van der Waals surface area (Å²) >= 11 is 7.00. The summed E-state index contributed by atoms with van der Waals surface area (Å²) in [4.78, 5) is 13.9.